The van der Waals surface area contributed by atoms with Gasteiger partial charge in [-0.2, -0.15) is 0 Å². The van der Waals surface area contributed by atoms with Crippen LogP contribution in [-0.4, -0.2) is 24.5 Å². The Labute approximate surface area is 76.5 Å². The maximum absolute atomic E-state index is 2.45. The molecule has 0 aromatic heterocycles. The summed E-state index contributed by atoms with van der Waals surface area (Å²) in [6.45, 7) is 5.79. The van der Waals surface area contributed by atoms with Gasteiger partial charge in [0.2, 0.25) is 0 Å². The summed E-state index contributed by atoms with van der Waals surface area (Å²) in [6, 6.07) is 0.691. The fourth-order valence-electron chi connectivity index (χ4n) is 1.64. The van der Waals surface area contributed by atoms with Gasteiger partial charge in [0.05, 0.1) is 0 Å². The number of hydrogen-bond acceptors (Lipinski definition) is 1. The molecule has 1 aliphatic carbocycles. The van der Waals surface area contributed by atoms with E-state index in [4.69, 9.17) is 0 Å². The average Bonchev–Trinajstić information content (AvgIpc) is 2.06. The summed E-state index contributed by atoms with van der Waals surface area (Å²) in [5.74, 6) is 0.905. The Morgan fingerprint density at radius 2 is 2.17 bits per heavy atom. The first-order valence-corrected chi connectivity index (χ1v) is 5.05. The lowest BCUT2D eigenvalue weighted by molar-refractivity contribution is 0.222. The fraction of sp³-hybridized carbons (Fsp3) is 0.818. The third-order valence-corrected chi connectivity index (χ3v) is 2.81. The highest BCUT2D eigenvalue weighted by Gasteiger charge is 2.13. The molecule has 0 spiro atoms. The topological polar surface area (TPSA) is 3.24 Å². The Bertz CT molecular complexity index is 149. The molecular weight excluding hydrogens is 146 g/mol. The third kappa shape index (κ3) is 2.98. The van der Waals surface area contributed by atoms with E-state index in [1.165, 1.54) is 25.8 Å². The van der Waals surface area contributed by atoms with Gasteiger partial charge in [0, 0.05) is 12.6 Å². The highest BCUT2D eigenvalue weighted by molar-refractivity contribution is 4.90. The molecule has 1 aliphatic rings. The Hall–Kier alpha value is -0.300. The minimum atomic E-state index is 0.691. The SMILES string of the molecule is CC(C)N(C)CC1CC=CCC1. The van der Waals surface area contributed by atoms with Gasteiger partial charge < -0.3 is 4.90 Å². The first-order valence-electron chi connectivity index (χ1n) is 5.05. The zero-order valence-corrected chi connectivity index (χ0v) is 8.59. The van der Waals surface area contributed by atoms with Crippen molar-refractivity contribution in [3.63, 3.8) is 0 Å². The molecule has 70 valence electrons. The molecule has 1 nitrogen and oxygen atoms in total. The van der Waals surface area contributed by atoms with Gasteiger partial charge in [0.25, 0.3) is 0 Å². The second-order valence-corrected chi connectivity index (χ2v) is 4.18. The molecule has 0 saturated carbocycles. The van der Waals surface area contributed by atoms with Gasteiger partial charge in [0.15, 0.2) is 0 Å². The molecule has 0 N–H and O–H groups in total. The first-order chi connectivity index (χ1) is 5.70. The van der Waals surface area contributed by atoms with Crippen molar-refractivity contribution in [2.45, 2.75) is 39.2 Å². The molecule has 0 aliphatic heterocycles. The van der Waals surface area contributed by atoms with E-state index in [1.807, 2.05) is 0 Å². The Balaban J connectivity index is 2.25. The van der Waals surface area contributed by atoms with E-state index in [9.17, 15) is 0 Å². The van der Waals surface area contributed by atoms with Crippen LogP contribution in [0.25, 0.3) is 0 Å². The van der Waals surface area contributed by atoms with Crippen molar-refractivity contribution < 1.29 is 0 Å². The summed E-state index contributed by atoms with van der Waals surface area (Å²) in [5.41, 5.74) is 0. The highest BCUT2D eigenvalue weighted by Crippen LogP contribution is 2.19. The van der Waals surface area contributed by atoms with Gasteiger partial charge in [-0.05, 0) is 46.1 Å². The van der Waals surface area contributed by atoms with Crippen LogP contribution < -0.4 is 0 Å². The summed E-state index contributed by atoms with van der Waals surface area (Å²) in [5, 5.41) is 0. The zero-order chi connectivity index (χ0) is 8.97. The van der Waals surface area contributed by atoms with Crippen LogP contribution in [0.5, 0.6) is 0 Å². The Morgan fingerprint density at radius 3 is 2.67 bits per heavy atom. The van der Waals surface area contributed by atoms with E-state index in [1.54, 1.807) is 0 Å². The summed E-state index contributed by atoms with van der Waals surface area (Å²) < 4.78 is 0. The summed E-state index contributed by atoms with van der Waals surface area (Å²) in [4.78, 5) is 2.45. The second-order valence-electron chi connectivity index (χ2n) is 4.18. The molecule has 0 amide bonds. The van der Waals surface area contributed by atoms with Crippen LogP contribution in [0, 0.1) is 5.92 Å². The molecule has 0 saturated heterocycles. The molecule has 0 bridgehead atoms. The fourth-order valence-corrected chi connectivity index (χ4v) is 1.64. The summed E-state index contributed by atoms with van der Waals surface area (Å²) >= 11 is 0. The van der Waals surface area contributed by atoms with E-state index in [-0.39, 0.29) is 0 Å². The lowest BCUT2D eigenvalue weighted by atomic mass is 9.94. The Morgan fingerprint density at radius 1 is 1.42 bits per heavy atom. The van der Waals surface area contributed by atoms with Crippen LogP contribution in [0.4, 0.5) is 0 Å². The molecule has 1 atom stereocenters. The van der Waals surface area contributed by atoms with Gasteiger partial charge in [-0.1, -0.05) is 12.2 Å². The van der Waals surface area contributed by atoms with E-state index < -0.39 is 0 Å². The molecule has 0 fully saturated rings. The van der Waals surface area contributed by atoms with E-state index >= 15 is 0 Å². The van der Waals surface area contributed by atoms with Crippen LogP contribution >= 0.6 is 0 Å². The predicted octanol–water partition coefficient (Wildman–Crippen LogP) is 2.68. The van der Waals surface area contributed by atoms with Crippen molar-refractivity contribution in [1.29, 1.82) is 0 Å². The average molecular weight is 167 g/mol. The molecule has 0 heterocycles. The second kappa shape index (κ2) is 4.66. The van der Waals surface area contributed by atoms with Crippen LogP contribution in [0.15, 0.2) is 12.2 Å². The molecule has 12 heavy (non-hydrogen) atoms. The lowest BCUT2D eigenvalue weighted by Crippen LogP contribution is -2.31. The minimum absolute atomic E-state index is 0.691. The van der Waals surface area contributed by atoms with Crippen LogP contribution in [0.1, 0.15) is 33.1 Å². The van der Waals surface area contributed by atoms with Crippen molar-refractivity contribution in [2.24, 2.45) is 5.92 Å². The van der Waals surface area contributed by atoms with Crippen LogP contribution in [0.2, 0.25) is 0 Å². The van der Waals surface area contributed by atoms with E-state index in [0.717, 1.165) is 5.92 Å². The van der Waals surface area contributed by atoms with E-state index in [0.29, 0.717) is 6.04 Å². The molecule has 1 heteroatoms. The molecule has 0 radical (unpaired) electrons. The third-order valence-electron chi connectivity index (χ3n) is 2.81. The van der Waals surface area contributed by atoms with Crippen molar-refractivity contribution in [3.8, 4) is 0 Å². The Kier molecular flexibility index (Phi) is 3.80. The van der Waals surface area contributed by atoms with Crippen molar-refractivity contribution in [2.75, 3.05) is 13.6 Å². The first kappa shape index (κ1) is 9.79. The maximum atomic E-state index is 2.45. The normalized spacial score (nSPS) is 23.9. The van der Waals surface area contributed by atoms with Gasteiger partial charge in [-0.25, -0.2) is 0 Å². The van der Waals surface area contributed by atoms with Gasteiger partial charge >= 0.3 is 0 Å². The minimum Gasteiger partial charge on any atom is -0.304 e. The molecule has 0 aromatic carbocycles. The van der Waals surface area contributed by atoms with E-state index in [2.05, 4.69) is 37.9 Å². The van der Waals surface area contributed by atoms with Gasteiger partial charge in [0.1, 0.15) is 0 Å². The summed E-state index contributed by atoms with van der Waals surface area (Å²) in [6.07, 6.45) is 8.61. The van der Waals surface area contributed by atoms with Gasteiger partial charge in [-0.15, -0.1) is 0 Å². The molecular formula is C11H21N. The van der Waals surface area contributed by atoms with Crippen molar-refractivity contribution in [1.82, 2.24) is 4.90 Å². The van der Waals surface area contributed by atoms with Crippen molar-refractivity contribution >= 4 is 0 Å². The van der Waals surface area contributed by atoms with Crippen LogP contribution in [-0.2, 0) is 0 Å². The number of hydrogen-bond donors (Lipinski definition) is 0. The highest BCUT2D eigenvalue weighted by atomic mass is 15.1. The maximum Gasteiger partial charge on any atom is 0.00356 e. The lowest BCUT2D eigenvalue weighted by Gasteiger charge is -2.27. The van der Waals surface area contributed by atoms with Gasteiger partial charge in [-0.3, -0.25) is 0 Å². The number of nitrogens with zero attached hydrogens (tertiary/aromatic N) is 1. The van der Waals surface area contributed by atoms with Crippen molar-refractivity contribution in [3.05, 3.63) is 12.2 Å². The number of allylic oxidation sites excluding steroid dienone is 2. The monoisotopic (exact) mass is 167 g/mol. The van der Waals surface area contributed by atoms with Crippen LogP contribution in [0.3, 0.4) is 0 Å². The molecule has 1 unspecified atom stereocenters. The molecule has 1 rings (SSSR count). The zero-order valence-electron chi connectivity index (χ0n) is 8.59. The molecule has 0 aromatic rings. The standard InChI is InChI=1S/C11H21N/c1-10(2)12(3)9-11-7-5-4-6-8-11/h4-5,10-11H,6-9H2,1-3H3. The summed E-state index contributed by atoms with van der Waals surface area (Å²) in [7, 11) is 2.23. The quantitative estimate of drug-likeness (QED) is 0.584. The smallest absolute Gasteiger partial charge is 0.00356 e. The predicted molar refractivity (Wildman–Crippen MR) is 54.2 cm³/mol. The number of rotatable bonds is 3. The largest absolute Gasteiger partial charge is 0.304 e.